The van der Waals surface area contributed by atoms with Gasteiger partial charge in [0, 0.05) is 5.56 Å². The van der Waals surface area contributed by atoms with Crippen molar-refractivity contribution in [1.29, 1.82) is 0 Å². The standard InChI is InChI=1S/C15H15F3N2O2S/c16-15(17,18)10-19-11-20-23(21,22)14-9-5-4-8-13(14)12-6-2-1-3-7-12/h1-9,19-20H,10-11H2. The molecule has 0 unspecified atom stereocenters. The minimum absolute atomic E-state index is 0.0139. The van der Waals surface area contributed by atoms with E-state index in [9.17, 15) is 21.6 Å². The lowest BCUT2D eigenvalue weighted by Crippen LogP contribution is -2.38. The third-order valence-electron chi connectivity index (χ3n) is 2.97. The van der Waals surface area contributed by atoms with Crippen molar-refractivity contribution >= 4 is 10.0 Å². The second kappa shape index (κ2) is 7.12. The van der Waals surface area contributed by atoms with Gasteiger partial charge in [-0.1, -0.05) is 48.5 Å². The van der Waals surface area contributed by atoms with Crippen LogP contribution in [0.1, 0.15) is 0 Å². The largest absolute Gasteiger partial charge is 0.401 e. The summed E-state index contributed by atoms with van der Waals surface area (Å²) >= 11 is 0. The van der Waals surface area contributed by atoms with Crippen molar-refractivity contribution in [2.75, 3.05) is 13.2 Å². The fraction of sp³-hybridized carbons (Fsp3) is 0.200. The molecule has 0 saturated heterocycles. The number of sulfonamides is 1. The van der Waals surface area contributed by atoms with Gasteiger partial charge >= 0.3 is 6.18 Å². The average molecular weight is 344 g/mol. The Morgan fingerprint density at radius 3 is 2.17 bits per heavy atom. The van der Waals surface area contributed by atoms with E-state index in [1.54, 1.807) is 48.5 Å². The quantitative estimate of drug-likeness (QED) is 0.626. The number of benzene rings is 2. The first-order valence-electron chi connectivity index (χ1n) is 6.71. The van der Waals surface area contributed by atoms with Crippen molar-refractivity contribution in [1.82, 2.24) is 10.0 Å². The van der Waals surface area contributed by atoms with E-state index >= 15 is 0 Å². The zero-order chi connectivity index (χ0) is 16.9. The van der Waals surface area contributed by atoms with Crippen LogP contribution in [0, 0.1) is 0 Å². The first kappa shape index (κ1) is 17.5. The molecule has 0 atom stereocenters. The van der Waals surface area contributed by atoms with Crippen LogP contribution < -0.4 is 10.0 Å². The fourth-order valence-electron chi connectivity index (χ4n) is 1.99. The summed E-state index contributed by atoms with van der Waals surface area (Å²) in [6, 6.07) is 15.2. The maximum absolute atomic E-state index is 12.3. The molecule has 2 aromatic rings. The first-order valence-corrected chi connectivity index (χ1v) is 8.19. The van der Waals surface area contributed by atoms with Crippen molar-refractivity contribution in [2.45, 2.75) is 11.1 Å². The van der Waals surface area contributed by atoms with Gasteiger partial charge in [0.05, 0.1) is 18.1 Å². The molecular formula is C15H15F3N2O2S. The van der Waals surface area contributed by atoms with Crippen molar-refractivity contribution in [2.24, 2.45) is 0 Å². The van der Waals surface area contributed by atoms with Crippen LogP contribution in [0.25, 0.3) is 11.1 Å². The Balaban J connectivity index is 2.18. The van der Waals surface area contributed by atoms with Crippen LogP contribution in [0.5, 0.6) is 0 Å². The molecule has 8 heteroatoms. The van der Waals surface area contributed by atoms with E-state index in [0.29, 0.717) is 11.1 Å². The molecule has 0 radical (unpaired) electrons. The average Bonchev–Trinajstić information content (AvgIpc) is 2.52. The predicted octanol–water partition coefficient (Wildman–Crippen LogP) is 2.74. The summed E-state index contributed by atoms with van der Waals surface area (Å²) in [5.41, 5.74) is 1.19. The molecule has 0 aliphatic rings. The van der Waals surface area contributed by atoms with E-state index in [-0.39, 0.29) is 4.90 Å². The zero-order valence-electron chi connectivity index (χ0n) is 12.0. The molecule has 0 aliphatic heterocycles. The monoisotopic (exact) mass is 344 g/mol. The van der Waals surface area contributed by atoms with Gasteiger partial charge in [0.1, 0.15) is 0 Å². The van der Waals surface area contributed by atoms with Crippen LogP contribution in [0.2, 0.25) is 0 Å². The summed E-state index contributed by atoms with van der Waals surface area (Å²) < 4.78 is 62.9. The lowest BCUT2D eigenvalue weighted by Gasteiger charge is -2.13. The van der Waals surface area contributed by atoms with Gasteiger partial charge in [0.15, 0.2) is 0 Å². The normalized spacial score (nSPS) is 12.3. The molecule has 0 spiro atoms. The van der Waals surface area contributed by atoms with Crippen LogP contribution in [-0.4, -0.2) is 27.8 Å². The van der Waals surface area contributed by atoms with E-state index in [1.807, 2.05) is 5.32 Å². The maximum atomic E-state index is 12.3. The van der Waals surface area contributed by atoms with Crippen LogP contribution in [0.3, 0.4) is 0 Å². The molecule has 2 aromatic carbocycles. The summed E-state index contributed by atoms with van der Waals surface area (Å²) in [6.45, 7) is -1.78. The van der Waals surface area contributed by atoms with Gasteiger partial charge in [-0.05, 0) is 11.6 Å². The molecule has 4 nitrogen and oxygen atoms in total. The summed E-state index contributed by atoms with van der Waals surface area (Å²) in [4.78, 5) is 0.0139. The van der Waals surface area contributed by atoms with Crippen molar-refractivity contribution in [3.63, 3.8) is 0 Å². The SMILES string of the molecule is O=S(=O)(NCNCC(F)(F)F)c1ccccc1-c1ccccc1. The molecule has 0 heterocycles. The van der Waals surface area contributed by atoms with E-state index in [2.05, 4.69) is 4.72 Å². The third-order valence-corrected chi connectivity index (χ3v) is 4.43. The molecule has 2 rings (SSSR count). The highest BCUT2D eigenvalue weighted by atomic mass is 32.2. The Kier molecular flexibility index (Phi) is 5.40. The maximum Gasteiger partial charge on any atom is 0.401 e. The smallest absolute Gasteiger partial charge is 0.295 e. The van der Waals surface area contributed by atoms with Crippen LogP contribution in [0.15, 0.2) is 59.5 Å². The Morgan fingerprint density at radius 1 is 0.913 bits per heavy atom. The lowest BCUT2D eigenvalue weighted by atomic mass is 10.1. The van der Waals surface area contributed by atoms with Gasteiger partial charge in [-0.3, -0.25) is 5.32 Å². The van der Waals surface area contributed by atoms with Gasteiger partial charge < -0.3 is 0 Å². The van der Waals surface area contributed by atoms with Crippen LogP contribution >= 0.6 is 0 Å². The summed E-state index contributed by atoms with van der Waals surface area (Å²) in [7, 11) is -3.94. The minimum Gasteiger partial charge on any atom is -0.295 e. The Bertz CT molecular complexity index is 747. The topological polar surface area (TPSA) is 58.2 Å². The molecule has 0 amide bonds. The van der Waals surface area contributed by atoms with E-state index in [1.165, 1.54) is 6.07 Å². The highest BCUT2D eigenvalue weighted by molar-refractivity contribution is 7.89. The number of halogens is 3. The summed E-state index contributed by atoms with van der Waals surface area (Å²) in [6.07, 6.45) is -4.40. The molecule has 0 aliphatic carbocycles. The van der Waals surface area contributed by atoms with Crippen molar-refractivity contribution in [3.05, 3.63) is 54.6 Å². The summed E-state index contributed by atoms with van der Waals surface area (Å²) in [5.74, 6) is 0. The van der Waals surface area contributed by atoms with Crippen molar-refractivity contribution < 1.29 is 21.6 Å². The molecule has 2 N–H and O–H groups in total. The van der Waals surface area contributed by atoms with Crippen LogP contribution in [0.4, 0.5) is 13.2 Å². The molecule has 23 heavy (non-hydrogen) atoms. The number of rotatable bonds is 6. The van der Waals surface area contributed by atoms with E-state index < -0.39 is 29.4 Å². The molecule has 0 aromatic heterocycles. The summed E-state index contributed by atoms with van der Waals surface area (Å²) in [5, 5.41) is 2.00. The first-order chi connectivity index (χ1) is 10.8. The van der Waals surface area contributed by atoms with Gasteiger partial charge in [-0.15, -0.1) is 0 Å². The Morgan fingerprint density at radius 2 is 1.52 bits per heavy atom. The highest BCUT2D eigenvalue weighted by Crippen LogP contribution is 2.26. The fourth-order valence-corrected chi connectivity index (χ4v) is 3.17. The van der Waals surface area contributed by atoms with Gasteiger partial charge in [-0.25, -0.2) is 8.42 Å². The molecular weight excluding hydrogens is 329 g/mol. The highest BCUT2D eigenvalue weighted by Gasteiger charge is 2.26. The number of nitrogens with one attached hydrogen (secondary N) is 2. The second-order valence-electron chi connectivity index (χ2n) is 4.73. The Labute approximate surface area is 132 Å². The lowest BCUT2D eigenvalue weighted by molar-refractivity contribution is -0.124. The molecule has 0 fully saturated rings. The third kappa shape index (κ3) is 5.05. The molecule has 0 bridgehead atoms. The number of alkyl halides is 3. The minimum atomic E-state index is -4.40. The van der Waals surface area contributed by atoms with E-state index in [4.69, 9.17) is 0 Å². The molecule has 0 saturated carbocycles. The predicted molar refractivity (Wildman–Crippen MR) is 81.1 cm³/mol. The Hall–Kier alpha value is -1.90. The zero-order valence-corrected chi connectivity index (χ0v) is 12.8. The number of hydrogen-bond donors (Lipinski definition) is 2. The van der Waals surface area contributed by atoms with Crippen molar-refractivity contribution in [3.8, 4) is 11.1 Å². The van der Waals surface area contributed by atoms with Gasteiger partial charge in [-0.2, -0.15) is 17.9 Å². The van der Waals surface area contributed by atoms with Gasteiger partial charge in [0.25, 0.3) is 0 Å². The van der Waals surface area contributed by atoms with Gasteiger partial charge in [0.2, 0.25) is 10.0 Å². The molecule has 124 valence electrons. The van der Waals surface area contributed by atoms with E-state index in [0.717, 1.165) is 0 Å². The van der Waals surface area contributed by atoms with Crippen LogP contribution in [-0.2, 0) is 10.0 Å². The second-order valence-corrected chi connectivity index (χ2v) is 6.46. The number of hydrogen-bond acceptors (Lipinski definition) is 3.